The Balaban J connectivity index is 1.12. The summed E-state index contributed by atoms with van der Waals surface area (Å²) in [5, 5.41) is 3.95. The van der Waals surface area contributed by atoms with Crippen LogP contribution < -0.4 is 10.1 Å². The number of alkyl carbamates (subject to hydrolysis) is 1. The predicted molar refractivity (Wildman–Crippen MR) is 246 cm³/mol. The molecule has 15 heteroatoms. The fourth-order valence-corrected chi connectivity index (χ4v) is 9.21. The molecule has 2 aliphatic heterocycles. The van der Waals surface area contributed by atoms with Crippen molar-refractivity contribution in [3.63, 3.8) is 0 Å². The van der Waals surface area contributed by atoms with E-state index in [1.54, 1.807) is 19.4 Å². The van der Waals surface area contributed by atoms with Crippen molar-refractivity contribution in [3.8, 4) is 17.3 Å². The molecule has 0 radical (unpaired) electrons. The lowest BCUT2D eigenvalue weighted by Gasteiger charge is -2.25. The Bertz CT molecular complexity index is 2470. The highest BCUT2D eigenvalue weighted by atomic mass is 32.2. The third-order valence-corrected chi connectivity index (χ3v) is 13.0. The standard InChI is InChI=1S/C48H61N7O7S/c1-47(2,3)62-41(56)19-15-10-9-11-16-24-54-39(26-32-20-21-34(50-43(32)54)29-49-63(59)48(4,5)6)44-51-37-25-33(27-40(60-8)42(37)53(44)7)45(57)55-35-22-23-38(55)36(28-35)52-46(58)61-30-31-17-13-12-14-18-31/h12-14,17-18,20-21,25-27,29,35-36,38H,9-11,15-16,19,22-24,28,30H2,1-8H3,(H,52,58)/b49-29+/t35-,36+,38+,63?/m0/s1. The van der Waals surface area contributed by atoms with Crippen LogP contribution in [0.3, 0.4) is 0 Å². The molecular formula is C48H61N7O7S. The summed E-state index contributed by atoms with van der Waals surface area (Å²) in [5.74, 6) is 0.927. The highest BCUT2D eigenvalue weighted by Crippen LogP contribution is 2.40. The van der Waals surface area contributed by atoms with Crippen molar-refractivity contribution in [2.45, 2.75) is 141 Å². The lowest BCUT2D eigenvalue weighted by Crippen LogP contribution is -2.45. The van der Waals surface area contributed by atoms with Crippen LogP contribution in [0.15, 0.2) is 65.1 Å². The number of unbranched alkanes of at least 4 members (excludes halogenated alkanes) is 4. The smallest absolute Gasteiger partial charge is 0.407 e. The van der Waals surface area contributed by atoms with Gasteiger partial charge in [0.15, 0.2) is 5.82 Å². The van der Waals surface area contributed by atoms with Gasteiger partial charge in [0.25, 0.3) is 5.91 Å². The summed E-state index contributed by atoms with van der Waals surface area (Å²) >= 11 is -1.43. The molecule has 2 bridgehead atoms. The summed E-state index contributed by atoms with van der Waals surface area (Å²) in [6, 6.07) is 18.8. The van der Waals surface area contributed by atoms with Gasteiger partial charge in [0.1, 0.15) is 51.4 Å². The van der Waals surface area contributed by atoms with Gasteiger partial charge in [-0.3, -0.25) is 9.59 Å². The first-order valence-corrected chi connectivity index (χ1v) is 23.1. The van der Waals surface area contributed by atoms with Gasteiger partial charge in [0.2, 0.25) is 0 Å². The van der Waals surface area contributed by atoms with Gasteiger partial charge < -0.3 is 38.1 Å². The van der Waals surface area contributed by atoms with Gasteiger partial charge in [-0.25, -0.2) is 14.8 Å². The number of nitrogens with zero attached hydrogens (tertiary/aromatic N) is 6. The van der Waals surface area contributed by atoms with Crippen molar-refractivity contribution in [2.24, 2.45) is 11.4 Å². The topological polar surface area (TPSA) is 165 Å². The molecule has 4 atom stereocenters. The lowest BCUT2D eigenvalue weighted by atomic mass is 9.96. The van der Waals surface area contributed by atoms with Crippen LogP contribution in [0.4, 0.5) is 4.79 Å². The largest absolute Gasteiger partial charge is 0.591 e. The fourth-order valence-electron chi connectivity index (χ4n) is 8.69. The zero-order chi connectivity index (χ0) is 45.1. The van der Waals surface area contributed by atoms with E-state index in [1.807, 2.05) is 107 Å². The molecule has 336 valence electrons. The summed E-state index contributed by atoms with van der Waals surface area (Å²) in [4.78, 5) is 51.5. The molecule has 5 heterocycles. The van der Waals surface area contributed by atoms with Crippen LogP contribution in [0.2, 0.25) is 0 Å². The summed E-state index contributed by atoms with van der Waals surface area (Å²) in [7, 11) is 3.54. The molecule has 2 aromatic carbocycles. The minimum atomic E-state index is -1.43. The number of benzene rings is 2. The molecular weight excluding hydrogens is 819 g/mol. The number of carbonyl (C=O) groups is 3. The average Bonchev–Trinajstić information content (AvgIpc) is 4.00. The Hall–Kier alpha value is -5.41. The molecule has 63 heavy (non-hydrogen) atoms. The molecule has 1 unspecified atom stereocenters. The second-order valence-electron chi connectivity index (χ2n) is 18.6. The van der Waals surface area contributed by atoms with Crippen molar-refractivity contribution in [1.82, 2.24) is 29.3 Å². The number of fused-ring (bicyclic) bond motifs is 4. The van der Waals surface area contributed by atoms with E-state index in [4.69, 9.17) is 24.2 Å². The van der Waals surface area contributed by atoms with Crippen LogP contribution in [0, 0.1) is 0 Å². The van der Waals surface area contributed by atoms with Crippen molar-refractivity contribution in [2.75, 3.05) is 7.11 Å². The first kappa shape index (κ1) is 45.6. The Morgan fingerprint density at radius 3 is 2.43 bits per heavy atom. The number of aryl methyl sites for hydroxylation is 2. The molecule has 3 aromatic heterocycles. The number of methoxy groups -OCH3 is 1. The third-order valence-electron chi connectivity index (χ3n) is 11.7. The number of hydrogen-bond acceptors (Lipinski definition) is 10. The van der Waals surface area contributed by atoms with Gasteiger partial charge in [-0.15, -0.1) is 0 Å². The van der Waals surface area contributed by atoms with Crippen molar-refractivity contribution in [1.29, 1.82) is 0 Å². The van der Waals surface area contributed by atoms with E-state index in [0.717, 1.165) is 72.8 Å². The highest BCUT2D eigenvalue weighted by Gasteiger charge is 2.49. The number of imidazole rings is 1. The summed E-state index contributed by atoms with van der Waals surface area (Å²) in [5.41, 5.74) is 4.47. The van der Waals surface area contributed by atoms with E-state index in [2.05, 4.69) is 20.3 Å². The van der Waals surface area contributed by atoms with Gasteiger partial charge >= 0.3 is 12.1 Å². The molecule has 1 N–H and O–H groups in total. The number of aromatic nitrogens is 4. The van der Waals surface area contributed by atoms with Crippen molar-refractivity contribution >= 4 is 57.6 Å². The molecule has 2 amide bonds. The van der Waals surface area contributed by atoms with Crippen LogP contribution in [0.25, 0.3) is 33.6 Å². The molecule has 14 nitrogen and oxygen atoms in total. The highest BCUT2D eigenvalue weighted by molar-refractivity contribution is 7.91. The number of carbonyl (C=O) groups excluding carboxylic acids is 3. The molecule has 0 saturated carbocycles. The number of hydrogen-bond donors (Lipinski definition) is 1. The maximum absolute atomic E-state index is 14.4. The number of esters is 1. The monoisotopic (exact) mass is 879 g/mol. The number of nitrogens with one attached hydrogen (secondary N) is 1. The first-order valence-electron chi connectivity index (χ1n) is 22.0. The number of pyridine rings is 1. The van der Waals surface area contributed by atoms with Gasteiger partial charge in [-0.05, 0) is 110 Å². The second kappa shape index (κ2) is 19.1. The van der Waals surface area contributed by atoms with Gasteiger partial charge in [-0.1, -0.05) is 54.0 Å². The van der Waals surface area contributed by atoms with Crippen molar-refractivity contribution < 1.29 is 33.1 Å². The lowest BCUT2D eigenvalue weighted by molar-refractivity contribution is -0.154. The Labute approximate surface area is 373 Å². The Morgan fingerprint density at radius 1 is 0.952 bits per heavy atom. The summed E-state index contributed by atoms with van der Waals surface area (Å²) in [6.07, 6.45) is 8.29. The van der Waals surface area contributed by atoms with E-state index in [9.17, 15) is 18.9 Å². The van der Waals surface area contributed by atoms with E-state index < -0.39 is 27.8 Å². The van der Waals surface area contributed by atoms with Crippen LogP contribution >= 0.6 is 0 Å². The van der Waals surface area contributed by atoms with Crippen LogP contribution in [-0.2, 0) is 45.8 Å². The Kier molecular flexibility index (Phi) is 13.9. The number of rotatable bonds is 16. The molecule has 2 aliphatic rings. The van der Waals surface area contributed by atoms with Gasteiger partial charge in [-0.2, -0.15) is 0 Å². The minimum Gasteiger partial charge on any atom is -0.591 e. The average molecular weight is 880 g/mol. The SMILES string of the molecule is COc1cc(C(=O)N2[C@H]3CC[C@@H]2[C@H](NC(=O)OCc2ccccc2)C3)cc2nc(-c3cc4ccc(/C=N/[S+]([O-])C(C)(C)C)nc4n3CCCCCCCC(=O)OC(C)(C)C)n(C)c12. The van der Waals surface area contributed by atoms with Gasteiger partial charge in [0, 0.05) is 37.0 Å². The van der Waals surface area contributed by atoms with Crippen LogP contribution in [0.1, 0.15) is 121 Å². The molecule has 5 aromatic rings. The minimum absolute atomic E-state index is 0.000477. The number of amides is 2. The van der Waals surface area contributed by atoms with E-state index in [-0.39, 0.29) is 36.6 Å². The number of ether oxygens (including phenoxy) is 3. The van der Waals surface area contributed by atoms with Crippen molar-refractivity contribution in [3.05, 3.63) is 77.5 Å². The summed E-state index contributed by atoms with van der Waals surface area (Å²) in [6.45, 7) is 12.1. The molecule has 2 saturated heterocycles. The maximum Gasteiger partial charge on any atom is 0.407 e. The second-order valence-corrected chi connectivity index (χ2v) is 20.6. The van der Waals surface area contributed by atoms with E-state index >= 15 is 0 Å². The summed E-state index contributed by atoms with van der Waals surface area (Å²) < 4.78 is 37.7. The molecule has 0 spiro atoms. The molecule has 2 fully saturated rings. The van der Waals surface area contributed by atoms with Crippen LogP contribution in [-0.4, -0.2) is 88.3 Å². The normalized spacial score (nSPS) is 18.1. The molecule has 7 rings (SSSR count). The van der Waals surface area contributed by atoms with E-state index in [0.29, 0.717) is 47.7 Å². The van der Waals surface area contributed by atoms with Gasteiger partial charge in [0.05, 0.1) is 36.1 Å². The maximum atomic E-state index is 14.4. The predicted octanol–water partition coefficient (Wildman–Crippen LogP) is 8.83. The zero-order valence-corrected chi connectivity index (χ0v) is 38.6. The molecule has 0 aliphatic carbocycles. The Morgan fingerprint density at radius 2 is 1.70 bits per heavy atom. The first-order chi connectivity index (χ1) is 30.0. The van der Waals surface area contributed by atoms with Crippen LogP contribution in [0.5, 0.6) is 5.75 Å². The fraction of sp³-hybridized carbons (Fsp3) is 0.500. The zero-order valence-electron chi connectivity index (χ0n) is 37.8. The third kappa shape index (κ3) is 10.7. The quantitative estimate of drug-likeness (QED) is 0.0441. The van der Waals surface area contributed by atoms with E-state index in [1.165, 1.54) is 0 Å².